The standard InChI is InChI=1S/C12H15NO/c1-3-5-10-8-9(11(13)4-2)6-7-12(10)14/h3-4,6-8,11,14H,1-2,5,13H2. The lowest BCUT2D eigenvalue weighted by atomic mass is 10.0. The molecule has 0 spiro atoms. The first-order valence-corrected chi connectivity index (χ1v) is 4.50. The van der Waals surface area contributed by atoms with Crippen LogP contribution in [-0.2, 0) is 6.42 Å². The highest BCUT2D eigenvalue weighted by Gasteiger charge is 2.05. The maximum atomic E-state index is 9.51. The van der Waals surface area contributed by atoms with E-state index in [0.29, 0.717) is 6.42 Å². The van der Waals surface area contributed by atoms with Crippen LogP contribution in [0.15, 0.2) is 43.5 Å². The van der Waals surface area contributed by atoms with E-state index in [1.54, 1.807) is 24.3 Å². The summed E-state index contributed by atoms with van der Waals surface area (Å²) < 4.78 is 0. The summed E-state index contributed by atoms with van der Waals surface area (Å²) in [4.78, 5) is 0. The van der Waals surface area contributed by atoms with Crippen molar-refractivity contribution >= 4 is 0 Å². The van der Waals surface area contributed by atoms with Crippen LogP contribution >= 0.6 is 0 Å². The van der Waals surface area contributed by atoms with Crippen LogP contribution in [-0.4, -0.2) is 5.11 Å². The fourth-order valence-electron chi connectivity index (χ4n) is 1.27. The summed E-state index contributed by atoms with van der Waals surface area (Å²) in [6.45, 7) is 7.26. The topological polar surface area (TPSA) is 46.2 Å². The number of phenolic OH excluding ortho intramolecular Hbond substituents is 1. The number of benzene rings is 1. The highest BCUT2D eigenvalue weighted by Crippen LogP contribution is 2.22. The fraction of sp³-hybridized carbons (Fsp3) is 0.167. The third-order valence-corrected chi connectivity index (χ3v) is 2.11. The number of hydrogen-bond acceptors (Lipinski definition) is 2. The van der Waals surface area contributed by atoms with Gasteiger partial charge in [-0.2, -0.15) is 0 Å². The molecule has 0 aliphatic heterocycles. The number of hydrogen-bond donors (Lipinski definition) is 2. The van der Waals surface area contributed by atoms with E-state index in [-0.39, 0.29) is 11.8 Å². The van der Waals surface area contributed by atoms with Gasteiger partial charge in [-0.3, -0.25) is 0 Å². The average molecular weight is 189 g/mol. The van der Waals surface area contributed by atoms with Gasteiger partial charge < -0.3 is 10.8 Å². The zero-order chi connectivity index (χ0) is 10.6. The van der Waals surface area contributed by atoms with Crippen molar-refractivity contribution in [2.75, 3.05) is 0 Å². The second-order valence-electron chi connectivity index (χ2n) is 3.14. The summed E-state index contributed by atoms with van der Waals surface area (Å²) in [6.07, 6.45) is 4.06. The minimum Gasteiger partial charge on any atom is -0.508 e. The molecule has 0 radical (unpaired) electrons. The molecule has 0 saturated heterocycles. The van der Waals surface area contributed by atoms with Crippen molar-refractivity contribution in [3.63, 3.8) is 0 Å². The van der Waals surface area contributed by atoms with Gasteiger partial charge in [0, 0.05) is 6.04 Å². The molecule has 14 heavy (non-hydrogen) atoms. The summed E-state index contributed by atoms with van der Waals surface area (Å²) in [5.74, 6) is 0.282. The zero-order valence-corrected chi connectivity index (χ0v) is 8.11. The summed E-state index contributed by atoms with van der Waals surface area (Å²) in [7, 11) is 0. The lowest BCUT2D eigenvalue weighted by molar-refractivity contribution is 0.469. The molecule has 0 aliphatic rings. The van der Waals surface area contributed by atoms with Crippen LogP contribution in [0.25, 0.3) is 0 Å². The molecule has 0 saturated carbocycles. The molecule has 1 aromatic rings. The van der Waals surface area contributed by atoms with Gasteiger partial charge in [-0.25, -0.2) is 0 Å². The van der Waals surface area contributed by atoms with E-state index in [1.165, 1.54) is 0 Å². The highest BCUT2D eigenvalue weighted by atomic mass is 16.3. The lowest BCUT2D eigenvalue weighted by Gasteiger charge is -2.09. The van der Waals surface area contributed by atoms with Crippen LogP contribution in [0.3, 0.4) is 0 Å². The molecule has 1 rings (SSSR count). The summed E-state index contributed by atoms with van der Waals surface area (Å²) in [5.41, 5.74) is 7.58. The Labute approximate surface area is 84.4 Å². The maximum Gasteiger partial charge on any atom is 0.119 e. The minimum absolute atomic E-state index is 0.181. The number of aromatic hydroxyl groups is 1. The summed E-state index contributed by atoms with van der Waals surface area (Å²) in [5, 5.41) is 9.51. The molecule has 74 valence electrons. The molecule has 2 nitrogen and oxygen atoms in total. The number of nitrogens with two attached hydrogens (primary N) is 1. The monoisotopic (exact) mass is 189 g/mol. The van der Waals surface area contributed by atoms with E-state index in [2.05, 4.69) is 13.2 Å². The lowest BCUT2D eigenvalue weighted by Crippen LogP contribution is -2.06. The first kappa shape index (κ1) is 10.5. The van der Waals surface area contributed by atoms with Gasteiger partial charge >= 0.3 is 0 Å². The molecule has 0 fully saturated rings. The Bertz CT molecular complexity index is 344. The molecule has 3 N–H and O–H groups in total. The zero-order valence-electron chi connectivity index (χ0n) is 8.11. The third-order valence-electron chi connectivity index (χ3n) is 2.11. The van der Waals surface area contributed by atoms with Crippen LogP contribution in [0.2, 0.25) is 0 Å². The van der Waals surface area contributed by atoms with Gasteiger partial charge in [0.1, 0.15) is 5.75 Å². The fourth-order valence-corrected chi connectivity index (χ4v) is 1.27. The van der Waals surface area contributed by atoms with Gasteiger partial charge in [0.2, 0.25) is 0 Å². The summed E-state index contributed by atoms with van der Waals surface area (Å²) in [6, 6.07) is 5.15. The first-order valence-electron chi connectivity index (χ1n) is 4.50. The van der Waals surface area contributed by atoms with Crippen molar-refractivity contribution in [2.45, 2.75) is 12.5 Å². The Morgan fingerprint density at radius 1 is 1.43 bits per heavy atom. The molecule has 1 atom stereocenters. The molecule has 0 aromatic heterocycles. The second kappa shape index (κ2) is 4.63. The minimum atomic E-state index is -0.181. The van der Waals surface area contributed by atoms with E-state index in [1.807, 2.05) is 6.07 Å². The quantitative estimate of drug-likeness (QED) is 0.714. The van der Waals surface area contributed by atoms with Crippen LogP contribution in [0.1, 0.15) is 17.2 Å². The SMILES string of the molecule is C=CCc1cc(C(N)C=C)ccc1O. The van der Waals surface area contributed by atoms with Gasteiger partial charge in [-0.15, -0.1) is 13.2 Å². The highest BCUT2D eigenvalue weighted by molar-refractivity contribution is 5.39. The van der Waals surface area contributed by atoms with Gasteiger partial charge in [0.15, 0.2) is 0 Å². The van der Waals surface area contributed by atoms with Gasteiger partial charge in [-0.05, 0) is 29.7 Å². The van der Waals surface area contributed by atoms with Crippen LogP contribution in [0.4, 0.5) is 0 Å². The van der Waals surface area contributed by atoms with E-state index >= 15 is 0 Å². The van der Waals surface area contributed by atoms with Gasteiger partial charge in [0.05, 0.1) is 0 Å². The predicted octanol–water partition coefficient (Wildman–Crippen LogP) is 2.31. The average Bonchev–Trinajstić information content (AvgIpc) is 2.20. The third kappa shape index (κ3) is 2.24. The largest absolute Gasteiger partial charge is 0.508 e. The first-order chi connectivity index (χ1) is 6.69. The van der Waals surface area contributed by atoms with E-state index < -0.39 is 0 Å². The Balaban J connectivity index is 3.05. The van der Waals surface area contributed by atoms with Gasteiger partial charge in [-0.1, -0.05) is 18.2 Å². The molecule has 0 heterocycles. The van der Waals surface area contributed by atoms with E-state index in [0.717, 1.165) is 11.1 Å². The molecule has 0 bridgehead atoms. The molecular weight excluding hydrogens is 174 g/mol. The van der Waals surface area contributed by atoms with Crippen LogP contribution in [0.5, 0.6) is 5.75 Å². The Morgan fingerprint density at radius 3 is 2.71 bits per heavy atom. The van der Waals surface area contributed by atoms with Crippen molar-refractivity contribution < 1.29 is 5.11 Å². The number of phenols is 1. The van der Waals surface area contributed by atoms with Crippen molar-refractivity contribution in [2.24, 2.45) is 5.73 Å². The normalized spacial score (nSPS) is 12.1. The van der Waals surface area contributed by atoms with Gasteiger partial charge in [0.25, 0.3) is 0 Å². The Morgan fingerprint density at radius 2 is 2.14 bits per heavy atom. The molecule has 0 amide bonds. The molecule has 1 unspecified atom stereocenters. The second-order valence-corrected chi connectivity index (χ2v) is 3.14. The van der Waals surface area contributed by atoms with E-state index in [4.69, 9.17) is 5.73 Å². The van der Waals surface area contributed by atoms with Crippen LogP contribution < -0.4 is 5.73 Å². The Kier molecular flexibility index (Phi) is 3.48. The predicted molar refractivity (Wildman–Crippen MR) is 59.1 cm³/mol. The number of allylic oxidation sites excluding steroid dienone is 1. The van der Waals surface area contributed by atoms with E-state index in [9.17, 15) is 5.11 Å². The van der Waals surface area contributed by atoms with Crippen molar-refractivity contribution in [1.82, 2.24) is 0 Å². The van der Waals surface area contributed by atoms with Crippen molar-refractivity contribution in [3.8, 4) is 5.75 Å². The smallest absolute Gasteiger partial charge is 0.119 e. The Hall–Kier alpha value is -1.54. The number of rotatable bonds is 4. The van der Waals surface area contributed by atoms with Crippen LogP contribution in [0, 0.1) is 0 Å². The molecule has 1 aromatic carbocycles. The van der Waals surface area contributed by atoms with Crippen molar-refractivity contribution in [3.05, 3.63) is 54.6 Å². The maximum absolute atomic E-state index is 9.51. The molecular formula is C12H15NO. The molecule has 2 heteroatoms. The summed E-state index contributed by atoms with van der Waals surface area (Å²) >= 11 is 0. The van der Waals surface area contributed by atoms with Crippen molar-refractivity contribution in [1.29, 1.82) is 0 Å². The molecule has 0 aliphatic carbocycles.